The number of ether oxygens (including phenoxy) is 2. The topological polar surface area (TPSA) is 71.9 Å². The van der Waals surface area contributed by atoms with Crippen LogP contribution in [-0.2, 0) is 16.0 Å². The van der Waals surface area contributed by atoms with Gasteiger partial charge in [-0.3, -0.25) is 4.90 Å². The van der Waals surface area contributed by atoms with Gasteiger partial charge in [-0.25, -0.2) is 9.78 Å². The van der Waals surface area contributed by atoms with Gasteiger partial charge in [-0.15, -0.1) is 11.3 Å². The number of aromatic carboxylic acids is 1. The molecule has 0 radical (unpaired) electrons. The monoisotopic (exact) mass is 316 g/mol. The summed E-state index contributed by atoms with van der Waals surface area (Å²) in [6, 6.07) is 0. The van der Waals surface area contributed by atoms with Crippen molar-refractivity contribution in [3.8, 4) is 0 Å². The van der Waals surface area contributed by atoms with Gasteiger partial charge in [-0.2, -0.15) is 0 Å². The summed E-state index contributed by atoms with van der Waals surface area (Å²) in [6.45, 7) is 7.30. The maximum Gasteiger partial charge on any atom is 0.347 e. The van der Waals surface area contributed by atoms with Gasteiger partial charge in [0.1, 0.15) is 9.88 Å². The molecule has 0 aliphatic carbocycles. The van der Waals surface area contributed by atoms with Crippen LogP contribution in [0.2, 0.25) is 0 Å². The minimum atomic E-state index is -0.900. The summed E-state index contributed by atoms with van der Waals surface area (Å²) in [5.74, 6) is -0.796. The second-order valence-corrected chi connectivity index (χ2v) is 6.13. The number of carbonyl (C=O) groups is 1. The average molecular weight is 316 g/mol. The maximum atomic E-state index is 11.3. The van der Waals surface area contributed by atoms with Gasteiger partial charge in [-0.1, -0.05) is 13.8 Å². The normalized spacial score (nSPS) is 11.5. The zero-order valence-electron chi connectivity index (χ0n) is 13.1. The molecule has 0 atom stereocenters. The number of hydrogen-bond donors (Lipinski definition) is 1. The van der Waals surface area contributed by atoms with Crippen molar-refractivity contribution < 1.29 is 19.4 Å². The van der Waals surface area contributed by atoms with Crippen LogP contribution < -0.4 is 0 Å². The van der Waals surface area contributed by atoms with Crippen molar-refractivity contribution in [3.63, 3.8) is 0 Å². The smallest absolute Gasteiger partial charge is 0.347 e. The van der Waals surface area contributed by atoms with Crippen molar-refractivity contribution in [2.24, 2.45) is 0 Å². The number of nitrogens with zero attached hydrogens (tertiary/aromatic N) is 2. The second kappa shape index (κ2) is 9.09. The van der Waals surface area contributed by atoms with Crippen LogP contribution >= 0.6 is 11.3 Å². The van der Waals surface area contributed by atoms with Gasteiger partial charge in [0.2, 0.25) is 0 Å². The molecular formula is C14H24N2O4S. The van der Waals surface area contributed by atoms with Crippen LogP contribution in [0.25, 0.3) is 0 Å². The molecule has 0 saturated carbocycles. The minimum Gasteiger partial charge on any atom is -0.477 e. The first-order valence-corrected chi connectivity index (χ1v) is 7.74. The molecule has 1 aromatic rings. The third kappa shape index (κ3) is 5.70. The molecule has 1 aromatic heterocycles. The Bertz CT molecular complexity index is 440. The SMILES string of the molecule is COCCN(CCOC)Cc1nc(C(C)C)c(C(=O)O)s1. The predicted molar refractivity (Wildman–Crippen MR) is 82.2 cm³/mol. The van der Waals surface area contributed by atoms with Crippen LogP contribution in [0.1, 0.15) is 40.1 Å². The Morgan fingerprint density at radius 3 is 2.24 bits per heavy atom. The van der Waals surface area contributed by atoms with E-state index in [0.717, 1.165) is 18.1 Å². The molecule has 0 aromatic carbocycles. The molecule has 1 N–H and O–H groups in total. The van der Waals surface area contributed by atoms with Crippen LogP contribution in [0.15, 0.2) is 0 Å². The molecule has 6 nitrogen and oxygen atoms in total. The molecule has 0 aliphatic heterocycles. The van der Waals surface area contributed by atoms with Crippen LogP contribution in [0.3, 0.4) is 0 Å². The van der Waals surface area contributed by atoms with Gasteiger partial charge in [0.05, 0.1) is 25.5 Å². The molecule has 0 amide bonds. The molecule has 0 saturated heterocycles. The first kappa shape index (κ1) is 18.0. The van der Waals surface area contributed by atoms with E-state index >= 15 is 0 Å². The highest BCUT2D eigenvalue weighted by molar-refractivity contribution is 7.13. The van der Waals surface area contributed by atoms with Gasteiger partial charge in [0.25, 0.3) is 0 Å². The molecule has 0 fully saturated rings. The molecule has 0 bridgehead atoms. The molecule has 1 heterocycles. The van der Waals surface area contributed by atoms with Crippen LogP contribution in [0.4, 0.5) is 0 Å². The van der Waals surface area contributed by atoms with Crippen molar-refractivity contribution in [2.75, 3.05) is 40.5 Å². The number of rotatable bonds is 10. The van der Waals surface area contributed by atoms with Crippen molar-refractivity contribution in [1.29, 1.82) is 0 Å². The fourth-order valence-corrected chi connectivity index (χ4v) is 2.99. The Kier molecular flexibility index (Phi) is 7.81. The Balaban J connectivity index is 2.82. The first-order chi connectivity index (χ1) is 9.99. The summed E-state index contributed by atoms with van der Waals surface area (Å²) in [5, 5.41) is 10.1. The van der Waals surface area contributed by atoms with E-state index in [1.807, 2.05) is 13.8 Å². The molecule has 0 spiro atoms. The quantitative estimate of drug-likeness (QED) is 0.712. The van der Waals surface area contributed by atoms with E-state index < -0.39 is 5.97 Å². The van der Waals surface area contributed by atoms with Crippen LogP contribution in [-0.4, -0.2) is 61.5 Å². The van der Waals surface area contributed by atoms with Crippen LogP contribution in [0.5, 0.6) is 0 Å². The van der Waals surface area contributed by atoms with Gasteiger partial charge in [0.15, 0.2) is 0 Å². The Hall–Kier alpha value is -1.02. The number of aromatic nitrogens is 1. The van der Waals surface area contributed by atoms with E-state index in [1.54, 1.807) is 14.2 Å². The van der Waals surface area contributed by atoms with E-state index in [4.69, 9.17) is 9.47 Å². The van der Waals surface area contributed by atoms with Gasteiger partial charge in [-0.05, 0) is 5.92 Å². The van der Waals surface area contributed by atoms with Gasteiger partial charge >= 0.3 is 5.97 Å². The lowest BCUT2D eigenvalue weighted by Crippen LogP contribution is -2.30. The molecule has 120 valence electrons. The zero-order chi connectivity index (χ0) is 15.8. The molecule has 1 rings (SSSR count). The fraction of sp³-hybridized carbons (Fsp3) is 0.714. The molecule has 0 aliphatic rings. The van der Waals surface area contributed by atoms with Gasteiger partial charge < -0.3 is 14.6 Å². The van der Waals surface area contributed by atoms with Gasteiger partial charge in [0, 0.05) is 27.3 Å². The average Bonchev–Trinajstić information content (AvgIpc) is 2.86. The van der Waals surface area contributed by atoms with Crippen molar-refractivity contribution in [3.05, 3.63) is 15.6 Å². The first-order valence-electron chi connectivity index (χ1n) is 6.92. The van der Waals surface area contributed by atoms with Crippen molar-refractivity contribution >= 4 is 17.3 Å². The van der Waals surface area contributed by atoms with Crippen LogP contribution in [0, 0.1) is 0 Å². The third-order valence-electron chi connectivity index (χ3n) is 3.02. The number of carboxylic acids is 1. The lowest BCUT2D eigenvalue weighted by Gasteiger charge is -2.20. The predicted octanol–water partition coefficient (Wildman–Crippen LogP) is 2.06. The zero-order valence-corrected chi connectivity index (χ0v) is 13.9. The number of hydrogen-bond acceptors (Lipinski definition) is 6. The Labute approximate surface area is 129 Å². The largest absolute Gasteiger partial charge is 0.477 e. The van der Waals surface area contributed by atoms with E-state index in [0.29, 0.717) is 30.3 Å². The van der Waals surface area contributed by atoms with E-state index in [1.165, 1.54) is 11.3 Å². The Morgan fingerprint density at radius 2 is 1.86 bits per heavy atom. The number of thiazole rings is 1. The lowest BCUT2D eigenvalue weighted by molar-refractivity contribution is 0.0700. The second-order valence-electron chi connectivity index (χ2n) is 5.04. The minimum absolute atomic E-state index is 0.104. The Morgan fingerprint density at radius 1 is 1.29 bits per heavy atom. The summed E-state index contributed by atoms with van der Waals surface area (Å²) in [7, 11) is 3.33. The van der Waals surface area contributed by atoms with E-state index in [-0.39, 0.29) is 5.92 Å². The highest BCUT2D eigenvalue weighted by atomic mass is 32.1. The summed E-state index contributed by atoms with van der Waals surface area (Å²) in [5.41, 5.74) is 0.668. The van der Waals surface area contributed by atoms with E-state index in [2.05, 4.69) is 9.88 Å². The summed E-state index contributed by atoms with van der Waals surface area (Å²) < 4.78 is 10.2. The maximum absolute atomic E-state index is 11.3. The summed E-state index contributed by atoms with van der Waals surface area (Å²) in [6.07, 6.45) is 0. The lowest BCUT2D eigenvalue weighted by atomic mass is 10.1. The number of methoxy groups -OCH3 is 2. The van der Waals surface area contributed by atoms with Crippen molar-refractivity contribution in [1.82, 2.24) is 9.88 Å². The molecule has 21 heavy (non-hydrogen) atoms. The summed E-state index contributed by atoms with van der Waals surface area (Å²) >= 11 is 1.26. The standard InChI is InChI=1S/C14H24N2O4S/c1-10(2)12-13(14(17)18)21-11(15-12)9-16(5-7-19-3)6-8-20-4/h10H,5-9H2,1-4H3,(H,17,18). The van der Waals surface area contributed by atoms with Crippen molar-refractivity contribution in [2.45, 2.75) is 26.3 Å². The molecule has 7 heteroatoms. The highest BCUT2D eigenvalue weighted by Crippen LogP contribution is 2.26. The highest BCUT2D eigenvalue weighted by Gasteiger charge is 2.20. The molecule has 0 unspecified atom stereocenters. The number of carboxylic acid groups (broad SMARTS) is 1. The fourth-order valence-electron chi connectivity index (χ4n) is 1.89. The van der Waals surface area contributed by atoms with E-state index in [9.17, 15) is 9.90 Å². The third-order valence-corrected chi connectivity index (χ3v) is 4.06. The molecular weight excluding hydrogens is 292 g/mol. The summed E-state index contributed by atoms with van der Waals surface area (Å²) in [4.78, 5) is 18.3.